The number of hydrogen-bond donors (Lipinski definition) is 1. The molecule has 88 valence electrons. The fraction of sp³-hybridized carbons (Fsp3) is 1.00. The second kappa shape index (κ2) is 5.80. The van der Waals surface area contributed by atoms with E-state index in [2.05, 4.69) is 17.1 Å². The van der Waals surface area contributed by atoms with Crippen LogP contribution in [-0.4, -0.2) is 63.0 Å². The summed E-state index contributed by atoms with van der Waals surface area (Å²) in [5, 5.41) is 3.37. The van der Waals surface area contributed by atoms with Crippen LogP contribution in [0, 0.1) is 0 Å². The molecule has 2 rings (SSSR count). The summed E-state index contributed by atoms with van der Waals surface area (Å²) in [7, 11) is 0. The minimum Gasteiger partial charge on any atom is -0.376 e. The summed E-state index contributed by atoms with van der Waals surface area (Å²) in [6, 6.07) is 0. The van der Waals surface area contributed by atoms with Crippen LogP contribution in [0.25, 0.3) is 0 Å². The van der Waals surface area contributed by atoms with E-state index < -0.39 is 0 Å². The van der Waals surface area contributed by atoms with Crippen molar-refractivity contribution in [1.29, 1.82) is 0 Å². The number of rotatable bonds is 3. The predicted molar refractivity (Wildman–Crippen MR) is 59.1 cm³/mol. The van der Waals surface area contributed by atoms with Crippen molar-refractivity contribution in [3.63, 3.8) is 0 Å². The monoisotopic (exact) mass is 214 g/mol. The molecule has 0 bridgehead atoms. The molecule has 2 unspecified atom stereocenters. The molecule has 2 atom stereocenters. The Morgan fingerprint density at radius 3 is 2.87 bits per heavy atom. The third kappa shape index (κ3) is 3.41. The Labute approximate surface area is 91.9 Å². The van der Waals surface area contributed by atoms with Crippen molar-refractivity contribution in [2.75, 3.05) is 45.9 Å². The number of nitrogens with zero attached hydrogens (tertiary/aromatic N) is 1. The van der Waals surface area contributed by atoms with Crippen LogP contribution in [0.15, 0.2) is 0 Å². The topological polar surface area (TPSA) is 33.7 Å². The maximum atomic E-state index is 5.70. The molecule has 1 N–H and O–H groups in total. The van der Waals surface area contributed by atoms with Gasteiger partial charge in [-0.3, -0.25) is 4.90 Å². The van der Waals surface area contributed by atoms with Crippen molar-refractivity contribution >= 4 is 0 Å². The Kier molecular flexibility index (Phi) is 4.38. The van der Waals surface area contributed by atoms with E-state index in [-0.39, 0.29) is 0 Å². The van der Waals surface area contributed by atoms with Crippen LogP contribution in [0.3, 0.4) is 0 Å². The van der Waals surface area contributed by atoms with E-state index in [0.29, 0.717) is 12.2 Å². The minimum atomic E-state index is 0.370. The van der Waals surface area contributed by atoms with Crippen molar-refractivity contribution in [1.82, 2.24) is 10.2 Å². The molecule has 2 fully saturated rings. The minimum absolute atomic E-state index is 0.370. The number of nitrogens with one attached hydrogen (secondary N) is 1. The molecular weight excluding hydrogens is 192 g/mol. The molecule has 2 aliphatic heterocycles. The predicted octanol–water partition coefficient (Wildman–Crippen LogP) is 0.0856. The zero-order chi connectivity index (χ0) is 10.5. The van der Waals surface area contributed by atoms with Gasteiger partial charge in [0, 0.05) is 32.7 Å². The van der Waals surface area contributed by atoms with Crippen LogP contribution < -0.4 is 5.32 Å². The van der Waals surface area contributed by atoms with E-state index in [9.17, 15) is 0 Å². The van der Waals surface area contributed by atoms with Crippen LogP contribution in [0.1, 0.15) is 13.3 Å². The third-order valence-electron chi connectivity index (χ3n) is 3.14. The molecule has 0 amide bonds. The standard InChI is InChI=1S/C11H22N2O2/c1-2-10-8-13(4-6-15-10)9-11-7-12-3-5-14-11/h10-12H,2-9H2,1H3. The Morgan fingerprint density at radius 2 is 2.13 bits per heavy atom. The lowest BCUT2D eigenvalue weighted by molar-refractivity contribution is -0.0566. The molecule has 2 heterocycles. The second-order valence-electron chi connectivity index (χ2n) is 4.36. The smallest absolute Gasteiger partial charge is 0.0826 e. The van der Waals surface area contributed by atoms with E-state index in [0.717, 1.165) is 52.4 Å². The van der Waals surface area contributed by atoms with Gasteiger partial charge < -0.3 is 14.8 Å². The summed E-state index contributed by atoms with van der Waals surface area (Å²) < 4.78 is 11.4. The molecule has 0 aromatic heterocycles. The average Bonchev–Trinajstić information content (AvgIpc) is 2.31. The normalized spacial score (nSPS) is 34.2. The first kappa shape index (κ1) is 11.3. The van der Waals surface area contributed by atoms with Crippen molar-refractivity contribution in [3.8, 4) is 0 Å². The average molecular weight is 214 g/mol. The maximum Gasteiger partial charge on any atom is 0.0826 e. The first-order valence-corrected chi connectivity index (χ1v) is 6.04. The third-order valence-corrected chi connectivity index (χ3v) is 3.14. The Morgan fingerprint density at radius 1 is 1.27 bits per heavy atom. The quantitative estimate of drug-likeness (QED) is 0.722. The summed E-state index contributed by atoms with van der Waals surface area (Å²) in [5.41, 5.74) is 0. The summed E-state index contributed by atoms with van der Waals surface area (Å²) in [5.74, 6) is 0. The van der Waals surface area contributed by atoms with Crippen LogP contribution in [0.4, 0.5) is 0 Å². The molecule has 2 saturated heterocycles. The van der Waals surface area contributed by atoms with Gasteiger partial charge in [-0.2, -0.15) is 0 Å². The lowest BCUT2D eigenvalue weighted by atomic mass is 10.2. The summed E-state index contributed by atoms with van der Waals surface area (Å²) in [6.45, 7) is 9.07. The highest BCUT2D eigenvalue weighted by molar-refractivity contribution is 4.76. The van der Waals surface area contributed by atoms with Gasteiger partial charge in [0.1, 0.15) is 0 Å². The van der Waals surface area contributed by atoms with E-state index in [1.165, 1.54) is 0 Å². The van der Waals surface area contributed by atoms with Gasteiger partial charge >= 0.3 is 0 Å². The molecule has 2 aliphatic rings. The van der Waals surface area contributed by atoms with E-state index >= 15 is 0 Å². The number of hydrogen-bond acceptors (Lipinski definition) is 4. The molecule has 4 nitrogen and oxygen atoms in total. The lowest BCUT2D eigenvalue weighted by Crippen LogP contribution is -2.50. The fourth-order valence-electron chi connectivity index (χ4n) is 2.22. The van der Waals surface area contributed by atoms with Crippen LogP contribution in [0.5, 0.6) is 0 Å². The van der Waals surface area contributed by atoms with Crippen molar-refractivity contribution in [2.45, 2.75) is 25.6 Å². The maximum absolute atomic E-state index is 5.70. The Balaban J connectivity index is 1.72. The van der Waals surface area contributed by atoms with Gasteiger partial charge in [0.25, 0.3) is 0 Å². The van der Waals surface area contributed by atoms with Crippen molar-refractivity contribution < 1.29 is 9.47 Å². The molecule has 15 heavy (non-hydrogen) atoms. The molecule has 4 heteroatoms. The van der Waals surface area contributed by atoms with E-state index in [1.54, 1.807) is 0 Å². The zero-order valence-electron chi connectivity index (χ0n) is 9.58. The van der Waals surface area contributed by atoms with E-state index in [4.69, 9.17) is 9.47 Å². The molecule has 0 aromatic carbocycles. The van der Waals surface area contributed by atoms with Gasteiger partial charge in [-0.15, -0.1) is 0 Å². The fourth-order valence-corrected chi connectivity index (χ4v) is 2.22. The van der Waals surface area contributed by atoms with Crippen molar-refractivity contribution in [3.05, 3.63) is 0 Å². The molecule has 0 aromatic rings. The first-order valence-electron chi connectivity index (χ1n) is 6.04. The van der Waals surface area contributed by atoms with Gasteiger partial charge in [-0.25, -0.2) is 0 Å². The molecular formula is C11H22N2O2. The van der Waals surface area contributed by atoms with E-state index in [1.807, 2.05) is 0 Å². The van der Waals surface area contributed by atoms with Crippen LogP contribution in [-0.2, 0) is 9.47 Å². The molecule has 0 spiro atoms. The highest BCUT2D eigenvalue weighted by Gasteiger charge is 2.23. The Hall–Kier alpha value is -0.160. The van der Waals surface area contributed by atoms with Gasteiger partial charge in [0.15, 0.2) is 0 Å². The van der Waals surface area contributed by atoms with Gasteiger partial charge in [-0.05, 0) is 6.42 Å². The van der Waals surface area contributed by atoms with Gasteiger partial charge in [0.05, 0.1) is 25.4 Å². The highest BCUT2D eigenvalue weighted by Crippen LogP contribution is 2.09. The van der Waals surface area contributed by atoms with Gasteiger partial charge in [0.2, 0.25) is 0 Å². The molecule has 0 saturated carbocycles. The van der Waals surface area contributed by atoms with Crippen LogP contribution in [0.2, 0.25) is 0 Å². The van der Waals surface area contributed by atoms with Crippen LogP contribution >= 0.6 is 0 Å². The van der Waals surface area contributed by atoms with Crippen molar-refractivity contribution in [2.24, 2.45) is 0 Å². The Bertz CT molecular complexity index is 183. The number of morpholine rings is 2. The lowest BCUT2D eigenvalue weighted by Gasteiger charge is -2.35. The number of ether oxygens (including phenoxy) is 2. The summed E-state index contributed by atoms with van der Waals surface area (Å²) >= 11 is 0. The highest BCUT2D eigenvalue weighted by atomic mass is 16.5. The first-order chi connectivity index (χ1) is 7.38. The van der Waals surface area contributed by atoms with Gasteiger partial charge in [-0.1, -0.05) is 6.92 Å². The SMILES string of the molecule is CCC1CN(CC2CNCCO2)CCO1. The summed E-state index contributed by atoms with van der Waals surface area (Å²) in [6.07, 6.45) is 1.91. The second-order valence-corrected chi connectivity index (χ2v) is 4.36. The zero-order valence-corrected chi connectivity index (χ0v) is 9.58. The largest absolute Gasteiger partial charge is 0.376 e. The molecule has 0 radical (unpaired) electrons. The molecule has 0 aliphatic carbocycles. The summed E-state index contributed by atoms with van der Waals surface area (Å²) in [4.78, 5) is 2.47.